The summed E-state index contributed by atoms with van der Waals surface area (Å²) in [6.45, 7) is 3.09. The second kappa shape index (κ2) is 8.99. The molecule has 1 spiro atoms. The first-order chi connectivity index (χ1) is 11.6. The zero-order valence-electron chi connectivity index (χ0n) is 14.8. The van der Waals surface area contributed by atoms with Gasteiger partial charge in [0, 0.05) is 19.5 Å². The van der Waals surface area contributed by atoms with E-state index in [0.717, 1.165) is 37.9 Å². The number of carbonyl (C=O) groups is 1. The van der Waals surface area contributed by atoms with Crippen LogP contribution < -0.4 is 5.32 Å². The van der Waals surface area contributed by atoms with E-state index in [1.807, 2.05) is 30.3 Å². The van der Waals surface area contributed by atoms with Crippen LogP contribution in [0.4, 0.5) is 0 Å². The lowest BCUT2D eigenvalue weighted by molar-refractivity contribution is -0.134. The predicted octanol–water partition coefficient (Wildman–Crippen LogP) is 1.83. The summed E-state index contributed by atoms with van der Waals surface area (Å²) < 4.78 is 5.55. The van der Waals surface area contributed by atoms with E-state index in [9.17, 15) is 9.90 Å². The van der Waals surface area contributed by atoms with Gasteiger partial charge in [0.15, 0.2) is 0 Å². The first-order valence-electron chi connectivity index (χ1n) is 8.86. The smallest absolute Gasteiger partial charge is 0.226 e. The SMILES string of the molecule is CN(CC(O)COCc1ccccc1)C(=O)C1CC12CCNCC2.Cl. The van der Waals surface area contributed by atoms with E-state index in [1.165, 1.54) is 0 Å². The molecule has 1 saturated carbocycles. The minimum atomic E-state index is -0.648. The van der Waals surface area contributed by atoms with Gasteiger partial charge in [-0.05, 0) is 43.3 Å². The molecule has 1 aromatic carbocycles. The predicted molar refractivity (Wildman–Crippen MR) is 99.6 cm³/mol. The molecule has 0 aromatic heterocycles. The lowest BCUT2D eigenvalue weighted by atomic mass is 9.91. The Morgan fingerprint density at radius 2 is 2.04 bits per heavy atom. The average molecular weight is 369 g/mol. The number of aliphatic hydroxyl groups excluding tert-OH is 1. The van der Waals surface area contributed by atoms with Crippen LogP contribution in [0.1, 0.15) is 24.8 Å². The number of likely N-dealkylation sites (N-methyl/N-ethyl adjacent to an activating group) is 1. The lowest BCUT2D eigenvalue weighted by Crippen LogP contribution is -2.39. The Balaban J connectivity index is 0.00000225. The van der Waals surface area contributed by atoms with Gasteiger partial charge >= 0.3 is 0 Å². The van der Waals surface area contributed by atoms with Crippen molar-refractivity contribution in [3.63, 3.8) is 0 Å². The van der Waals surface area contributed by atoms with Gasteiger partial charge < -0.3 is 20.1 Å². The molecule has 0 radical (unpaired) electrons. The van der Waals surface area contributed by atoms with Gasteiger partial charge in [-0.15, -0.1) is 12.4 Å². The fourth-order valence-corrected chi connectivity index (χ4v) is 3.79. The molecule has 140 valence electrons. The number of benzene rings is 1. The first kappa shape index (κ1) is 20.2. The van der Waals surface area contributed by atoms with Gasteiger partial charge in [0.1, 0.15) is 0 Å². The molecular formula is C19H29ClN2O3. The highest BCUT2D eigenvalue weighted by Crippen LogP contribution is 2.59. The van der Waals surface area contributed by atoms with E-state index in [-0.39, 0.29) is 36.3 Å². The second-order valence-corrected chi connectivity index (χ2v) is 7.24. The topological polar surface area (TPSA) is 61.8 Å². The molecule has 2 unspecified atom stereocenters. The number of nitrogens with zero attached hydrogens (tertiary/aromatic N) is 1. The van der Waals surface area contributed by atoms with E-state index < -0.39 is 6.10 Å². The highest BCUT2D eigenvalue weighted by atomic mass is 35.5. The summed E-state index contributed by atoms with van der Waals surface area (Å²) in [4.78, 5) is 14.2. The molecule has 2 fully saturated rings. The van der Waals surface area contributed by atoms with Crippen molar-refractivity contribution >= 4 is 18.3 Å². The number of amides is 1. The van der Waals surface area contributed by atoms with Crippen molar-refractivity contribution in [3.8, 4) is 0 Å². The zero-order valence-corrected chi connectivity index (χ0v) is 15.6. The van der Waals surface area contributed by atoms with Crippen LogP contribution in [0, 0.1) is 11.3 Å². The number of halogens is 1. The van der Waals surface area contributed by atoms with E-state index in [4.69, 9.17) is 4.74 Å². The number of hydrogen-bond acceptors (Lipinski definition) is 4. The van der Waals surface area contributed by atoms with E-state index >= 15 is 0 Å². The molecule has 3 rings (SSSR count). The number of ether oxygens (including phenoxy) is 1. The minimum Gasteiger partial charge on any atom is -0.389 e. The third kappa shape index (κ3) is 5.17. The summed E-state index contributed by atoms with van der Waals surface area (Å²) in [7, 11) is 1.79. The van der Waals surface area contributed by atoms with E-state index in [1.54, 1.807) is 11.9 Å². The van der Waals surface area contributed by atoms with Gasteiger partial charge in [0.25, 0.3) is 0 Å². The Bertz CT molecular complexity index is 549. The number of carbonyl (C=O) groups excluding carboxylic acids is 1. The molecule has 0 bridgehead atoms. The second-order valence-electron chi connectivity index (χ2n) is 7.24. The van der Waals surface area contributed by atoms with Crippen molar-refractivity contribution in [2.75, 3.05) is 33.3 Å². The summed E-state index contributed by atoms with van der Waals surface area (Å²) in [5, 5.41) is 13.5. The molecule has 1 aromatic rings. The maximum atomic E-state index is 12.6. The van der Waals surface area contributed by atoms with Crippen molar-refractivity contribution < 1.29 is 14.6 Å². The molecule has 1 saturated heterocycles. The van der Waals surface area contributed by atoms with Crippen LogP contribution in [-0.4, -0.2) is 55.3 Å². The van der Waals surface area contributed by atoms with Gasteiger partial charge in [0.2, 0.25) is 5.91 Å². The highest BCUT2D eigenvalue weighted by molar-refractivity contribution is 5.85. The third-order valence-electron chi connectivity index (χ3n) is 5.37. The first-order valence-corrected chi connectivity index (χ1v) is 8.86. The van der Waals surface area contributed by atoms with Crippen LogP contribution in [0.2, 0.25) is 0 Å². The maximum absolute atomic E-state index is 12.6. The average Bonchev–Trinajstić information content (AvgIpc) is 3.28. The van der Waals surface area contributed by atoms with Gasteiger partial charge in [-0.25, -0.2) is 0 Å². The Morgan fingerprint density at radius 1 is 1.36 bits per heavy atom. The summed E-state index contributed by atoms with van der Waals surface area (Å²) in [6.07, 6.45) is 2.56. The fraction of sp³-hybridized carbons (Fsp3) is 0.632. The number of rotatable bonds is 7. The largest absolute Gasteiger partial charge is 0.389 e. The Kier molecular flexibility index (Phi) is 7.25. The fourth-order valence-electron chi connectivity index (χ4n) is 3.79. The van der Waals surface area contributed by atoms with Crippen molar-refractivity contribution in [1.29, 1.82) is 0 Å². The van der Waals surface area contributed by atoms with Crippen LogP contribution in [0.15, 0.2) is 30.3 Å². The minimum absolute atomic E-state index is 0. The lowest BCUT2D eigenvalue weighted by Gasteiger charge is -2.26. The van der Waals surface area contributed by atoms with Gasteiger partial charge in [0.05, 0.1) is 19.3 Å². The molecular weight excluding hydrogens is 340 g/mol. The molecule has 6 heteroatoms. The molecule has 5 nitrogen and oxygen atoms in total. The maximum Gasteiger partial charge on any atom is 0.226 e. The Labute approximate surface area is 156 Å². The van der Waals surface area contributed by atoms with Crippen molar-refractivity contribution in [1.82, 2.24) is 10.2 Å². The molecule has 2 N–H and O–H groups in total. The standard InChI is InChI=1S/C19H28N2O3.ClH/c1-21(18(23)17-11-19(17)7-9-20-10-8-19)12-16(22)14-24-13-15-5-3-2-4-6-15;/h2-6,16-17,20,22H,7-14H2,1H3;1H. The molecule has 2 aliphatic rings. The van der Waals surface area contributed by atoms with Crippen molar-refractivity contribution in [3.05, 3.63) is 35.9 Å². The monoisotopic (exact) mass is 368 g/mol. The Hall–Kier alpha value is -1.14. The normalized spacial score (nSPS) is 22.1. The summed E-state index contributed by atoms with van der Waals surface area (Å²) in [5.74, 6) is 0.334. The zero-order chi connectivity index (χ0) is 17.0. The van der Waals surface area contributed by atoms with Gasteiger partial charge in [-0.3, -0.25) is 4.79 Å². The Morgan fingerprint density at radius 3 is 2.72 bits per heavy atom. The molecule has 1 aliphatic carbocycles. The van der Waals surface area contributed by atoms with E-state index in [0.29, 0.717) is 13.2 Å². The van der Waals surface area contributed by atoms with Gasteiger partial charge in [-0.2, -0.15) is 0 Å². The summed E-state index contributed by atoms with van der Waals surface area (Å²) in [5.41, 5.74) is 1.32. The number of aliphatic hydroxyl groups is 1. The van der Waals surface area contributed by atoms with Crippen molar-refractivity contribution in [2.45, 2.75) is 32.0 Å². The van der Waals surface area contributed by atoms with E-state index in [2.05, 4.69) is 5.32 Å². The molecule has 25 heavy (non-hydrogen) atoms. The summed E-state index contributed by atoms with van der Waals surface area (Å²) >= 11 is 0. The molecule has 1 amide bonds. The van der Waals surface area contributed by atoms with Crippen LogP contribution in [0.3, 0.4) is 0 Å². The quantitative estimate of drug-likeness (QED) is 0.770. The van der Waals surface area contributed by atoms with Crippen LogP contribution in [-0.2, 0) is 16.1 Å². The number of piperidine rings is 1. The van der Waals surface area contributed by atoms with Crippen molar-refractivity contribution in [2.24, 2.45) is 11.3 Å². The molecule has 2 atom stereocenters. The number of nitrogens with one attached hydrogen (secondary N) is 1. The van der Waals surface area contributed by atoms with Crippen LogP contribution in [0.5, 0.6) is 0 Å². The molecule has 1 heterocycles. The highest BCUT2D eigenvalue weighted by Gasteiger charge is 2.58. The van der Waals surface area contributed by atoms with Crippen LogP contribution >= 0.6 is 12.4 Å². The number of hydrogen-bond donors (Lipinski definition) is 2. The molecule has 1 aliphatic heterocycles. The van der Waals surface area contributed by atoms with Crippen LogP contribution in [0.25, 0.3) is 0 Å². The summed E-state index contributed by atoms with van der Waals surface area (Å²) in [6, 6.07) is 9.88. The third-order valence-corrected chi connectivity index (χ3v) is 5.37. The van der Waals surface area contributed by atoms with Gasteiger partial charge in [-0.1, -0.05) is 30.3 Å².